The van der Waals surface area contributed by atoms with E-state index in [1.54, 1.807) is 7.11 Å². The van der Waals surface area contributed by atoms with Gasteiger partial charge in [-0.15, -0.1) is 0 Å². The normalized spacial score (nSPS) is 20.6. The van der Waals surface area contributed by atoms with Crippen LogP contribution < -0.4 is 14.8 Å². The number of ether oxygens (including phenoxy) is 2. The molecule has 1 N–H and O–H groups in total. The second-order valence-electron chi connectivity index (χ2n) is 8.80. The SMILES string of the molecule is CCCOc1c(I)cc(C=Nc2ccc([C@@H]3Nc4ccccc4[C@@H]4C=CC[C@@H]43)cc2)cc1OC. The molecule has 3 aromatic rings. The van der Waals surface area contributed by atoms with Crippen molar-refractivity contribution in [3.8, 4) is 11.5 Å². The van der Waals surface area contributed by atoms with Gasteiger partial charge < -0.3 is 14.8 Å². The summed E-state index contributed by atoms with van der Waals surface area (Å²) in [5, 5.41) is 3.80. The second kappa shape index (κ2) is 10.2. The van der Waals surface area contributed by atoms with Crippen molar-refractivity contribution >= 4 is 40.2 Å². The molecule has 0 saturated carbocycles. The molecule has 174 valence electrons. The van der Waals surface area contributed by atoms with Gasteiger partial charge in [-0.25, -0.2) is 0 Å². The van der Waals surface area contributed by atoms with E-state index >= 15 is 0 Å². The van der Waals surface area contributed by atoms with Crippen LogP contribution in [-0.4, -0.2) is 19.9 Å². The first-order valence-corrected chi connectivity index (χ1v) is 12.9. The minimum Gasteiger partial charge on any atom is -0.493 e. The van der Waals surface area contributed by atoms with Gasteiger partial charge in [0.2, 0.25) is 0 Å². The number of hydrogen-bond donors (Lipinski definition) is 1. The fraction of sp³-hybridized carbons (Fsp3) is 0.276. The van der Waals surface area contributed by atoms with Crippen molar-refractivity contribution in [2.45, 2.75) is 31.7 Å². The highest BCUT2D eigenvalue weighted by Gasteiger charge is 2.37. The van der Waals surface area contributed by atoms with Crippen LogP contribution in [-0.2, 0) is 0 Å². The third kappa shape index (κ3) is 4.58. The summed E-state index contributed by atoms with van der Waals surface area (Å²) < 4.78 is 12.4. The zero-order valence-corrected chi connectivity index (χ0v) is 21.7. The van der Waals surface area contributed by atoms with E-state index in [9.17, 15) is 0 Å². The van der Waals surface area contributed by atoms with E-state index in [-0.39, 0.29) is 0 Å². The number of nitrogens with one attached hydrogen (secondary N) is 1. The number of rotatable bonds is 7. The van der Waals surface area contributed by atoms with Gasteiger partial charge in [0, 0.05) is 17.8 Å². The Labute approximate surface area is 215 Å². The highest BCUT2D eigenvalue weighted by molar-refractivity contribution is 14.1. The summed E-state index contributed by atoms with van der Waals surface area (Å²) in [7, 11) is 1.67. The fourth-order valence-corrected chi connectivity index (χ4v) is 5.73. The predicted octanol–water partition coefficient (Wildman–Crippen LogP) is 7.67. The zero-order valence-electron chi connectivity index (χ0n) is 19.5. The number of hydrogen-bond acceptors (Lipinski definition) is 4. The van der Waals surface area contributed by atoms with Crippen molar-refractivity contribution in [2.75, 3.05) is 19.0 Å². The molecular weight excluding hydrogens is 535 g/mol. The van der Waals surface area contributed by atoms with Crippen LogP contribution in [0.15, 0.2) is 77.8 Å². The van der Waals surface area contributed by atoms with Crippen LogP contribution in [0.25, 0.3) is 0 Å². The maximum Gasteiger partial charge on any atom is 0.174 e. The number of fused-ring (bicyclic) bond motifs is 3. The van der Waals surface area contributed by atoms with Gasteiger partial charge in [-0.1, -0.05) is 49.4 Å². The second-order valence-corrected chi connectivity index (χ2v) is 9.96. The first kappa shape index (κ1) is 23.0. The molecule has 5 rings (SSSR count). The van der Waals surface area contributed by atoms with Gasteiger partial charge in [0.1, 0.15) is 0 Å². The molecule has 1 aliphatic carbocycles. The average molecular weight is 564 g/mol. The summed E-state index contributed by atoms with van der Waals surface area (Å²) in [5.74, 6) is 2.57. The average Bonchev–Trinajstić information content (AvgIpc) is 3.37. The monoisotopic (exact) mass is 564 g/mol. The van der Waals surface area contributed by atoms with Crippen molar-refractivity contribution in [2.24, 2.45) is 10.9 Å². The van der Waals surface area contributed by atoms with E-state index in [2.05, 4.69) is 102 Å². The molecule has 0 fully saturated rings. The minimum absolute atomic E-state index is 0.300. The van der Waals surface area contributed by atoms with E-state index in [0.29, 0.717) is 24.5 Å². The van der Waals surface area contributed by atoms with Gasteiger partial charge in [0.05, 0.1) is 29.0 Å². The van der Waals surface area contributed by atoms with Crippen LogP contribution in [0, 0.1) is 9.49 Å². The maximum absolute atomic E-state index is 5.86. The number of methoxy groups -OCH3 is 1. The third-order valence-corrected chi connectivity index (χ3v) is 7.39. The molecule has 3 atom stereocenters. The van der Waals surface area contributed by atoms with Gasteiger partial charge in [0.25, 0.3) is 0 Å². The van der Waals surface area contributed by atoms with Crippen LogP contribution in [0.4, 0.5) is 11.4 Å². The number of anilines is 1. The van der Waals surface area contributed by atoms with Crippen molar-refractivity contribution in [1.82, 2.24) is 0 Å². The highest BCUT2D eigenvalue weighted by atomic mass is 127. The van der Waals surface area contributed by atoms with Gasteiger partial charge in [-0.05, 0) is 88.4 Å². The standard InChI is InChI=1S/C29H29IN2O2/c1-3-15-34-29-25(30)16-19(17-27(29)33-2)18-31-21-13-11-20(12-14-21)28-24-9-6-8-22(24)23-7-4-5-10-26(23)32-28/h4-8,10-14,16-18,22,24,28,32H,3,9,15H2,1-2H3/t22-,24-,28-/m0/s1. The molecule has 0 saturated heterocycles. The molecule has 1 aliphatic heterocycles. The van der Waals surface area contributed by atoms with Crippen LogP contribution >= 0.6 is 22.6 Å². The third-order valence-electron chi connectivity index (χ3n) is 6.59. The summed E-state index contributed by atoms with van der Waals surface area (Å²) in [6, 6.07) is 21.7. The largest absolute Gasteiger partial charge is 0.493 e. The fourth-order valence-electron chi connectivity index (χ4n) is 4.95. The summed E-state index contributed by atoms with van der Waals surface area (Å²) in [6.45, 7) is 2.77. The topological polar surface area (TPSA) is 42.8 Å². The van der Waals surface area contributed by atoms with Crippen LogP contribution in [0.5, 0.6) is 11.5 Å². The van der Waals surface area contributed by atoms with Crippen LogP contribution in [0.2, 0.25) is 0 Å². The molecular formula is C29H29IN2O2. The van der Waals surface area contributed by atoms with Gasteiger partial charge in [0.15, 0.2) is 11.5 Å². The first-order valence-electron chi connectivity index (χ1n) is 11.8. The lowest BCUT2D eigenvalue weighted by Crippen LogP contribution is -2.28. The lowest BCUT2D eigenvalue weighted by atomic mass is 9.77. The van der Waals surface area contributed by atoms with Gasteiger partial charge in [-0.3, -0.25) is 4.99 Å². The van der Waals surface area contributed by atoms with Crippen molar-refractivity contribution in [3.63, 3.8) is 0 Å². The number of benzene rings is 3. The summed E-state index contributed by atoms with van der Waals surface area (Å²) in [5.41, 5.74) is 5.88. The Morgan fingerprint density at radius 2 is 1.94 bits per heavy atom. The molecule has 0 aromatic heterocycles. The Morgan fingerprint density at radius 3 is 2.74 bits per heavy atom. The summed E-state index contributed by atoms with van der Waals surface area (Å²) >= 11 is 2.29. The molecule has 4 nitrogen and oxygen atoms in total. The molecule has 2 aliphatic rings. The first-order chi connectivity index (χ1) is 16.7. The van der Waals surface area contributed by atoms with Crippen LogP contribution in [0.3, 0.4) is 0 Å². The molecule has 1 heterocycles. The molecule has 34 heavy (non-hydrogen) atoms. The molecule has 5 heteroatoms. The number of aliphatic imine (C=N–C) groups is 1. The van der Waals surface area contributed by atoms with E-state index in [0.717, 1.165) is 39.2 Å². The summed E-state index contributed by atoms with van der Waals surface area (Å²) in [4.78, 5) is 4.72. The van der Waals surface area contributed by atoms with E-state index in [1.165, 1.54) is 16.8 Å². The Kier molecular flexibility index (Phi) is 6.90. The van der Waals surface area contributed by atoms with Crippen molar-refractivity contribution in [3.05, 3.63) is 93.1 Å². The lowest BCUT2D eigenvalue weighted by molar-refractivity contribution is 0.292. The van der Waals surface area contributed by atoms with Crippen LogP contribution in [0.1, 0.15) is 48.4 Å². The quantitative estimate of drug-likeness (QED) is 0.182. The predicted molar refractivity (Wildman–Crippen MR) is 148 cm³/mol. The minimum atomic E-state index is 0.300. The number of allylic oxidation sites excluding steroid dienone is 2. The van der Waals surface area contributed by atoms with Gasteiger partial charge >= 0.3 is 0 Å². The van der Waals surface area contributed by atoms with Gasteiger partial charge in [-0.2, -0.15) is 0 Å². The molecule has 0 amide bonds. The Hall–Kier alpha value is -2.80. The number of nitrogens with zero attached hydrogens (tertiary/aromatic N) is 1. The maximum atomic E-state index is 5.86. The highest BCUT2D eigenvalue weighted by Crippen LogP contribution is 2.49. The number of para-hydroxylation sites is 1. The molecule has 3 aromatic carbocycles. The zero-order chi connectivity index (χ0) is 23.5. The molecule has 0 spiro atoms. The molecule has 0 unspecified atom stereocenters. The number of halogens is 1. The van der Waals surface area contributed by atoms with Crippen molar-refractivity contribution < 1.29 is 9.47 Å². The van der Waals surface area contributed by atoms with E-state index in [4.69, 9.17) is 14.5 Å². The van der Waals surface area contributed by atoms with E-state index < -0.39 is 0 Å². The molecule has 0 radical (unpaired) electrons. The molecule has 0 bridgehead atoms. The Morgan fingerprint density at radius 1 is 1.12 bits per heavy atom. The van der Waals surface area contributed by atoms with Crippen molar-refractivity contribution in [1.29, 1.82) is 0 Å². The van der Waals surface area contributed by atoms with E-state index in [1.807, 2.05) is 12.3 Å². The smallest absolute Gasteiger partial charge is 0.174 e. The lowest BCUT2D eigenvalue weighted by Gasteiger charge is -2.37. The Bertz CT molecular complexity index is 1220. The summed E-state index contributed by atoms with van der Waals surface area (Å²) in [6.07, 6.45) is 8.66. The Balaban J connectivity index is 1.34.